The maximum absolute atomic E-state index is 13.2. The number of hydrogen-bond donors (Lipinski definition) is 1. The van der Waals surface area contributed by atoms with E-state index in [-0.39, 0.29) is 31.8 Å². The van der Waals surface area contributed by atoms with Gasteiger partial charge in [0.25, 0.3) is 0 Å². The minimum absolute atomic E-state index is 0.000700. The van der Waals surface area contributed by atoms with Crippen LogP contribution in [-0.4, -0.2) is 51.5 Å². The number of nitrogens with one attached hydrogen (secondary N) is 1. The molecule has 4 unspecified atom stereocenters. The number of nitrogens with zero attached hydrogens (tertiary/aromatic N) is 3. The predicted octanol–water partition coefficient (Wildman–Crippen LogP) is 11.5. The third-order valence-corrected chi connectivity index (χ3v) is 9.59. The zero-order valence-electron chi connectivity index (χ0n) is 31.1. The largest absolute Gasteiger partial charge is 0.441 e. The van der Waals surface area contributed by atoms with E-state index in [0.717, 1.165) is 15.7 Å². The summed E-state index contributed by atoms with van der Waals surface area (Å²) >= 11 is 5.17. The average Bonchev–Trinajstić information content (AvgIpc) is 3.16. The molecule has 3 heterocycles. The van der Waals surface area contributed by atoms with E-state index in [1.807, 2.05) is 24.3 Å². The first-order valence-electron chi connectivity index (χ1n) is 17.5. The van der Waals surface area contributed by atoms with Gasteiger partial charge in [-0.05, 0) is 70.1 Å². The molecule has 2 aliphatic heterocycles. The van der Waals surface area contributed by atoms with Gasteiger partial charge in [0.1, 0.15) is 12.2 Å². The molecule has 0 radical (unpaired) electrons. The highest BCUT2D eigenvalue weighted by Gasteiger charge is 2.43. The minimum atomic E-state index is -5.04. The van der Waals surface area contributed by atoms with E-state index in [1.54, 1.807) is 12.4 Å². The lowest BCUT2D eigenvalue weighted by molar-refractivity contribution is -0.145. The highest BCUT2D eigenvalue weighted by molar-refractivity contribution is 6.63. The Hall–Kier alpha value is -5.80. The van der Waals surface area contributed by atoms with Gasteiger partial charge >= 0.3 is 48.3 Å². The molecule has 1 N–H and O–H groups in total. The van der Waals surface area contributed by atoms with Gasteiger partial charge < -0.3 is 14.8 Å². The van der Waals surface area contributed by atoms with Crippen molar-refractivity contribution in [2.24, 2.45) is 11.8 Å². The monoisotopic (exact) mass is 900 g/mol. The van der Waals surface area contributed by atoms with E-state index in [4.69, 9.17) is 21.1 Å². The van der Waals surface area contributed by atoms with Crippen LogP contribution in [0, 0.1) is 11.8 Å². The Balaban J connectivity index is 0.000000247. The van der Waals surface area contributed by atoms with Crippen LogP contribution in [0.1, 0.15) is 65.0 Å². The Kier molecular flexibility index (Phi) is 13.1. The van der Waals surface area contributed by atoms with Crippen LogP contribution in [0.25, 0.3) is 10.8 Å². The van der Waals surface area contributed by atoms with Crippen LogP contribution in [0.15, 0.2) is 73.1 Å². The Morgan fingerprint density at radius 2 is 1.08 bits per heavy atom. The summed E-state index contributed by atoms with van der Waals surface area (Å²) in [5.74, 6) is -1.57. The summed E-state index contributed by atoms with van der Waals surface area (Å²) < 4.78 is 167. The number of fused-ring (bicyclic) bond motifs is 1. The standard InChI is InChI=1S/C24H19F6N3O3.C14H10ClF6NO3/c1-13-12-33(21(34)32-11-16-10-31-9-14-4-2-3-5-19(14)16)22(35)36-20(13)15-6-17(23(25,26)27)8-18(7-15)24(28,29)30;1-6-5-22(11(15)23)12(24)25-10(6)7-2-8(13(16,17)18)4-9(3-7)14(19,20)21/h2-10,13,20H,11-12H2,1H3,(H,32,34);2-4,6,10H,5H2,1H3. The van der Waals surface area contributed by atoms with Crippen molar-refractivity contribution in [3.8, 4) is 0 Å². The number of hydrogen-bond acceptors (Lipinski definition) is 7. The van der Waals surface area contributed by atoms with Crippen molar-refractivity contribution in [3.63, 3.8) is 0 Å². The predicted molar refractivity (Wildman–Crippen MR) is 188 cm³/mol. The lowest BCUT2D eigenvalue weighted by atomic mass is 9.92. The lowest BCUT2D eigenvalue weighted by Crippen LogP contribution is -2.50. The second-order valence-electron chi connectivity index (χ2n) is 13.9. The van der Waals surface area contributed by atoms with Crippen molar-refractivity contribution in [1.82, 2.24) is 20.1 Å². The molecule has 328 valence electrons. The summed E-state index contributed by atoms with van der Waals surface area (Å²) in [6.07, 6.45) is -22.1. The number of benzene rings is 3. The summed E-state index contributed by atoms with van der Waals surface area (Å²) in [7, 11) is 0. The number of alkyl halides is 12. The number of ether oxygens (including phenoxy) is 2. The van der Waals surface area contributed by atoms with Crippen LogP contribution in [-0.2, 0) is 40.7 Å². The normalized spacial score (nSPS) is 20.0. The average molecular weight is 901 g/mol. The second kappa shape index (κ2) is 17.3. The topological polar surface area (TPSA) is 118 Å². The smallest absolute Gasteiger partial charge is 0.418 e. The van der Waals surface area contributed by atoms with Gasteiger partial charge in [-0.3, -0.25) is 9.78 Å². The quantitative estimate of drug-likeness (QED) is 0.123. The molecule has 0 aliphatic carbocycles. The van der Waals surface area contributed by atoms with Crippen LogP contribution in [0.4, 0.5) is 71.9 Å². The summed E-state index contributed by atoms with van der Waals surface area (Å²) in [5.41, 5.74) is -6.31. The number of halogens is 13. The van der Waals surface area contributed by atoms with E-state index < -0.39 is 106 Å². The van der Waals surface area contributed by atoms with Gasteiger partial charge in [0, 0.05) is 49.2 Å². The van der Waals surface area contributed by atoms with Crippen molar-refractivity contribution in [2.45, 2.75) is 57.3 Å². The highest BCUT2D eigenvalue weighted by Crippen LogP contribution is 2.42. The number of pyridine rings is 1. The van der Waals surface area contributed by atoms with Crippen LogP contribution in [0.5, 0.6) is 0 Å². The van der Waals surface area contributed by atoms with Crippen molar-refractivity contribution in [1.29, 1.82) is 0 Å². The van der Waals surface area contributed by atoms with E-state index in [1.165, 1.54) is 13.8 Å². The van der Waals surface area contributed by atoms with Crippen molar-refractivity contribution >= 4 is 46.0 Å². The van der Waals surface area contributed by atoms with E-state index in [2.05, 4.69) is 10.3 Å². The summed E-state index contributed by atoms with van der Waals surface area (Å²) in [5, 5.41) is 3.10. The van der Waals surface area contributed by atoms with Gasteiger partial charge in [-0.2, -0.15) is 52.7 Å². The molecule has 4 aromatic rings. The molecule has 0 bridgehead atoms. The molecule has 2 aliphatic rings. The molecule has 1 aromatic heterocycles. The summed E-state index contributed by atoms with van der Waals surface area (Å²) in [6.45, 7) is 2.30. The minimum Gasteiger partial charge on any atom is -0.441 e. The Bertz CT molecular complexity index is 2250. The molecule has 2 saturated heterocycles. The molecular formula is C38H29ClF12N4O6. The number of urea groups is 1. The van der Waals surface area contributed by atoms with E-state index in [0.29, 0.717) is 34.7 Å². The molecule has 5 amide bonds. The van der Waals surface area contributed by atoms with Crippen molar-refractivity contribution < 1.29 is 81.3 Å². The number of carbonyl (C=O) groups excluding carboxylic acids is 4. The first kappa shape index (κ1) is 46.3. The Morgan fingerprint density at radius 1 is 0.672 bits per heavy atom. The zero-order chi connectivity index (χ0) is 45.4. The molecule has 0 spiro atoms. The summed E-state index contributed by atoms with van der Waals surface area (Å²) in [6, 6.07) is 8.50. The maximum atomic E-state index is 13.2. The van der Waals surface area contributed by atoms with E-state index in [9.17, 15) is 71.9 Å². The van der Waals surface area contributed by atoms with Crippen LogP contribution < -0.4 is 5.32 Å². The molecule has 4 atom stereocenters. The van der Waals surface area contributed by atoms with E-state index >= 15 is 0 Å². The SMILES string of the molecule is CC1CN(C(=O)Cl)C(=O)OC1c1cc(C(F)(F)F)cc(C(F)(F)F)c1.CC1CN(C(=O)NCc2cncc3ccccc23)C(=O)OC1c1cc(C(F)(F)F)cc(C(F)(F)F)c1. The Morgan fingerprint density at radius 3 is 1.51 bits per heavy atom. The molecular weight excluding hydrogens is 872 g/mol. The molecule has 0 saturated carbocycles. The fraction of sp³-hybridized carbons (Fsp3) is 0.342. The van der Waals surface area contributed by atoms with Gasteiger partial charge in [-0.25, -0.2) is 24.2 Å². The van der Waals surface area contributed by atoms with Crippen LogP contribution in [0.2, 0.25) is 0 Å². The third kappa shape index (κ3) is 10.9. The second-order valence-corrected chi connectivity index (χ2v) is 14.2. The zero-order valence-corrected chi connectivity index (χ0v) is 31.8. The molecule has 6 rings (SSSR count). The van der Waals surface area contributed by atoms with Gasteiger partial charge in [-0.1, -0.05) is 38.1 Å². The molecule has 10 nitrogen and oxygen atoms in total. The molecule has 3 aromatic carbocycles. The van der Waals surface area contributed by atoms with Crippen molar-refractivity contribution in [3.05, 3.63) is 112 Å². The lowest BCUT2D eigenvalue weighted by Gasteiger charge is -2.35. The van der Waals surface area contributed by atoms with Gasteiger partial charge in [0.05, 0.1) is 22.3 Å². The fourth-order valence-corrected chi connectivity index (χ4v) is 6.61. The number of amides is 5. The highest BCUT2D eigenvalue weighted by atomic mass is 35.5. The number of aromatic nitrogens is 1. The van der Waals surface area contributed by atoms with Crippen LogP contribution >= 0.6 is 11.6 Å². The number of carbonyl (C=O) groups is 4. The Labute approximate surface area is 341 Å². The summed E-state index contributed by atoms with van der Waals surface area (Å²) in [4.78, 5) is 53.3. The third-order valence-electron chi connectivity index (χ3n) is 9.39. The molecule has 23 heteroatoms. The maximum Gasteiger partial charge on any atom is 0.418 e. The first-order valence-corrected chi connectivity index (χ1v) is 17.9. The van der Waals surface area contributed by atoms with Gasteiger partial charge in [-0.15, -0.1) is 0 Å². The molecule has 61 heavy (non-hydrogen) atoms. The van der Waals surface area contributed by atoms with Crippen molar-refractivity contribution in [2.75, 3.05) is 13.1 Å². The number of imide groups is 2. The molecule has 2 fully saturated rings. The number of rotatable bonds is 4. The van der Waals surface area contributed by atoms with Gasteiger partial charge in [0.15, 0.2) is 0 Å². The van der Waals surface area contributed by atoms with Crippen LogP contribution in [0.3, 0.4) is 0 Å². The van der Waals surface area contributed by atoms with Gasteiger partial charge in [0.2, 0.25) is 0 Å². The fourth-order valence-electron chi connectivity index (χ4n) is 6.47. The number of cyclic esters (lactones) is 2. The first-order chi connectivity index (χ1) is 28.1.